The number of nitrogens with two attached hydrogens (primary N) is 1. The summed E-state index contributed by atoms with van der Waals surface area (Å²) in [6.45, 7) is 1.72. The van der Waals surface area contributed by atoms with Gasteiger partial charge < -0.3 is 5.73 Å². The number of hydrogen-bond donors (Lipinski definition) is 1. The Morgan fingerprint density at radius 2 is 2.00 bits per heavy atom. The first-order valence-electron chi connectivity index (χ1n) is 5.24. The number of fused-ring (bicyclic) bond motifs is 1. The Hall–Kier alpha value is -1.68. The molecule has 2 amide bonds. The van der Waals surface area contributed by atoms with Gasteiger partial charge in [-0.2, -0.15) is 0 Å². The van der Waals surface area contributed by atoms with Gasteiger partial charge in [-0.3, -0.25) is 14.5 Å². The lowest BCUT2D eigenvalue weighted by molar-refractivity contribution is -0.144. The van der Waals surface area contributed by atoms with Crippen LogP contribution >= 0.6 is 0 Å². The fourth-order valence-corrected chi connectivity index (χ4v) is 1.95. The molecule has 84 valence electrons. The van der Waals surface area contributed by atoms with Crippen LogP contribution in [0.2, 0.25) is 0 Å². The topological polar surface area (TPSA) is 63.4 Å². The van der Waals surface area contributed by atoms with E-state index in [0.29, 0.717) is 13.0 Å². The first-order chi connectivity index (χ1) is 7.59. The van der Waals surface area contributed by atoms with Crippen molar-refractivity contribution in [3.05, 3.63) is 35.4 Å². The number of rotatable bonds is 0. The zero-order valence-corrected chi connectivity index (χ0v) is 9.14. The number of amides is 2. The van der Waals surface area contributed by atoms with Crippen LogP contribution in [0.3, 0.4) is 0 Å². The monoisotopic (exact) mass is 218 g/mol. The average molecular weight is 218 g/mol. The zero-order valence-electron chi connectivity index (χ0n) is 9.14. The molecule has 2 rings (SSSR count). The molecule has 0 aromatic heterocycles. The summed E-state index contributed by atoms with van der Waals surface area (Å²) in [5, 5.41) is 0. The molecule has 0 spiro atoms. The summed E-state index contributed by atoms with van der Waals surface area (Å²) in [5.74, 6) is -0.541. The third kappa shape index (κ3) is 1.84. The van der Waals surface area contributed by atoms with Crippen LogP contribution in [-0.2, 0) is 22.6 Å². The van der Waals surface area contributed by atoms with Gasteiger partial charge in [-0.1, -0.05) is 24.3 Å². The molecule has 1 heterocycles. The molecular formula is C12H14N2O2. The molecular weight excluding hydrogens is 204 g/mol. The number of benzene rings is 1. The maximum Gasteiger partial charge on any atom is 0.246 e. The number of hydrogen-bond acceptors (Lipinski definition) is 3. The van der Waals surface area contributed by atoms with Gasteiger partial charge in [0.05, 0.1) is 12.6 Å². The van der Waals surface area contributed by atoms with Gasteiger partial charge in [-0.15, -0.1) is 0 Å². The normalized spacial score (nSPS) is 20.2. The van der Waals surface area contributed by atoms with Crippen molar-refractivity contribution in [2.75, 3.05) is 0 Å². The van der Waals surface area contributed by atoms with Crippen molar-refractivity contribution in [1.82, 2.24) is 4.90 Å². The molecule has 0 aliphatic carbocycles. The average Bonchev–Trinajstić information content (AvgIpc) is 2.37. The van der Waals surface area contributed by atoms with Gasteiger partial charge in [0.25, 0.3) is 0 Å². The standard InChI is InChI=1S/C12H14N2O2/c1-8(15)14-7-10-5-3-2-4-9(10)6-11(13)12(14)16/h2-5,11H,6-7,13H2,1H3/t11-/m0/s1. The molecule has 0 radical (unpaired) electrons. The lowest BCUT2D eigenvalue weighted by Gasteiger charge is -2.18. The van der Waals surface area contributed by atoms with Gasteiger partial charge in [-0.05, 0) is 17.5 Å². The van der Waals surface area contributed by atoms with Crippen molar-refractivity contribution in [1.29, 1.82) is 0 Å². The SMILES string of the molecule is CC(=O)N1Cc2ccccc2C[C@H](N)C1=O. The zero-order chi connectivity index (χ0) is 11.7. The summed E-state index contributed by atoms with van der Waals surface area (Å²) >= 11 is 0. The maximum atomic E-state index is 11.8. The largest absolute Gasteiger partial charge is 0.320 e. The maximum absolute atomic E-state index is 11.8. The van der Waals surface area contributed by atoms with Crippen LogP contribution in [0.25, 0.3) is 0 Å². The second-order valence-electron chi connectivity index (χ2n) is 4.02. The predicted octanol–water partition coefficient (Wildman–Crippen LogP) is 0.445. The van der Waals surface area contributed by atoms with E-state index in [-0.39, 0.29) is 11.8 Å². The minimum atomic E-state index is -0.618. The third-order valence-corrected chi connectivity index (χ3v) is 2.85. The molecule has 1 aliphatic heterocycles. The molecule has 0 saturated carbocycles. The van der Waals surface area contributed by atoms with Crippen molar-refractivity contribution in [3.63, 3.8) is 0 Å². The van der Waals surface area contributed by atoms with Gasteiger partial charge >= 0.3 is 0 Å². The van der Waals surface area contributed by atoms with Crippen LogP contribution in [0.1, 0.15) is 18.1 Å². The van der Waals surface area contributed by atoms with Gasteiger partial charge in [0.2, 0.25) is 11.8 Å². The molecule has 1 aromatic carbocycles. The smallest absolute Gasteiger partial charge is 0.246 e. The van der Waals surface area contributed by atoms with E-state index < -0.39 is 6.04 Å². The van der Waals surface area contributed by atoms with Crippen LogP contribution in [0.4, 0.5) is 0 Å². The quantitative estimate of drug-likeness (QED) is 0.687. The van der Waals surface area contributed by atoms with Crippen molar-refractivity contribution >= 4 is 11.8 Å². The summed E-state index contributed by atoms with van der Waals surface area (Å²) in [7, 11) is 0. The Morgan fingerprint density at radius 1 is 1.38 bits per heavy atom. The predicted molar refractivity (Wildman–Crippen MR) is 59.4 cm³/mol. The van der Waals surface area contributed by atoms with E-state index in [1.165, 1.54) is 11.8 Å². The second-order valence-corrected chi connectivity index (χ2v) is 4.02. The van der Waals surface area contributed by atoms with E-state index in [1.54, 1.807) is 0 Å². The number of nitrogens with zero attached hydrogens (tertiary/aromatic N) is 1. The van der Waals surface area contributed by atoms with Gasteiger partial charge in [0.1, 0.15) is 0 Å². The molecule has 0 bridgehead atoms. The van der Waals surface area contributed by atoms with Crippen molar-refractivity contribution in [2.24, 2.45) is 5.73 Å². The van der Waals surface area contributed by atoms with Gasteiger partial charge in [-0.25, -0.2) is 0 Å². The Labute approximate surface area is 94.0 Å². The Balaban J connectivity index is 2.42. The van der Waals surface area contributed by atoms with E-state index >= 15 is 0 Å². The first-order valence-corrected chi connectivity index (χ1v) is 5.24. The van der Waals surface area contributed by atoms with Crippen LogP contribution in [0.15, 0.2) is 24.3 Å². The molecule has 2 N–H and O–H groups in total. The first kappa shape index (κ1) is 10.8. The number of carbonyl (C=O) groups is 2. The lowest BCUT2D eigenvalue weighted by Crippen LogP contribution is -2.44. The summed E-state index contributed by atoms with van der Waals surface area (Å²) < 4.78 is 0. The highest BCUT2D eigenvalue weighted by atomic mass is 16.2. The van der Waals surface area contributed by atoms with Gasteiger partial charge in [0, 0.05) is 6.92 Å². The Kier molecular flexibility index (Phi) is 2.75. The molecule has 1 aromatic rings. The van der Waals surface area contributed by atoms with E-state index in [0.717, 1.165) is 11.1 Å². The van der Waals surface area contributed by atoms with Crippen molar-refractivity contribution in [2.45, 2.75) is 25.9 Å². The summed E-state index contributed by atoms with van der Waals surface area (Å²) in [4.78, 5) is 24.4. The summed E-state index contributed by atoms with van der Waals surface area (Å²) in [6.07, 6.45) is 0.499. The minimum absolute atomic E-state index is 0.253. The molecule has 4 heteroatoms. The highest BCUT2D eigenvalue weighted by Crippen LogP contribution is 2.18. The van der Waals surface area contributed by atoms with E-state index in [1.807, 2.05) is 24.3 Å². The molecule has 0 saturated heterocycles. The highest BCUT2D eigenvalue weighted by molar-refractivity contribution is 5.97. The van der Waals surface area contributed by atoms with Crippen molar-refractivity contribution in [3.8, 4) is 0 Å². The molecule has 0 unspecified atom stereocenters. The fourth-order valence-electron chi connectivity index (χ4n) is 1.95. The van der Waals surface area contributed by atoms with Crippen molar-refractivity contribution < 1.29 is 9.59 Å². The minimum Gasteiger partial charge on any atom is -0.320 e. The van der Waals surface area contributed by atoms with E-state index in [2.05, 4.69) is 0 Å². The number of imide groups is 1. The fraction of sp³-hybridized carbons (Fsp3) is 0.333. The number of carbonyl (C=O) groups excluding carboxylic acids is 2. The van der Waals surface area contributed by atoms with Crippen LogP contribution in [0.5, 0.6) is 0 Å². The van der Waals surface area contributed by atoms with E-state index in [9.17, 15) is 9.59 Å². The third-order valence-electron chi connectivity index (χ3n) is 2.85. The Bertz CT molecular complexity index is 442. The van der Waals surface area contributed by atoms with Crippen LogP contribution in [0, 0.1) is 0 Å². The highest BCUT2D eigenvalue weighted by Gasteiger charge is 2.28. The summed E-state index contributed by atoms with van der Waals surface area (Å²) in [6, 6.07) is 7.08. The molecule has 16 heavy (non-hydrogen) atoms. The molecule has 0 fully saturated rings. The Morgan fingerprint density at radius 3 is 2.62 bits per heavy atom. The lowest BCUT2D eigenvalue weighted by atomic mass is 10.0. The van der Waals surface area contributed by atoms with Crippen LogP contribution in [-0.4, -0.2) is 22.8 Å². The molecule has 1 aliphatic rings. The molecule has 1 atom stereocenters. The van der Waals surface area contributed by atoms with Gasteiger partial charge in [0.15, 0.2) is 0 Å². The summed E-state index contributed by atoms with van der Waals surface area (Å²) in [5.41, 5.74) is 7.83. The van der Waals surface area contributed by atoms with E-state index in [4.69, 9.17) is 5.73 Å². The molecule has 4 nitrogen and oxygen atoms in total. The van der Waals surface area contributed by atoms with Crippen LogP contribution < -0.4 is 5.73 Å². The second kappa shape index (κ2) is 4.06.